The molecular formula is C24H34N4O6. The Morgan fingerprint density at radius 2 is 1.79 bits per heavy atom. The lowest BCUT2D eigenvalue weighted by molar-refractivity contribution is -0.140. The van der Waals surface area contributed by atoms with E-state index in [1.807, 2.05) is 47.8 Å². The second-order valence-electron chi connectivity index (χ2n) is 8.54. The third kappa shape index (κ3) is 7.96. The van der Waals surface area contributed by atoms with Gasteiger partial charge in [-0.2, -0.15) is 0 Å². The second kappa shape index (κ2) is 14.1. The van der Waals surface area contributed by atoms with E-state index in [2.05, 4.69) is 14.5 Å². The van der Waals surface area contributed by atoms with Gasteiger partial charge in [-0.05, 0) is 24.8 Å². The summed E-state index contributed by atoms with van der Waals surface area (Å²) in [7, 11) is 0. The van der Waals surface area contributed by atoms with Crippen LogP contribution in [-0.2, 0) is 27.3 Å². The Morgan fingerprint density at radius 1 is 1.09 bits per heavy atom. The Kier molecular flexibility index (Phi) is 11.2. The monoisotopic (exact) mass is 474 g/mol. The number of aliphatic hydroxyl groups is 1. The molecular weight excluding hydrogens is 440 g/mol. The number of rotatable bonds is 5. The molecule has 3 N–H and O–H groups in total. The van der Waals surface area contributed by atoms with Crippen LogP contribution >= 0.6 is 0 Å². The van der Waals surface area contributed by atoms with Gasteiger partial charge >= 0.3 is 0 Å². The van der Waals surface area contributed by atoms with Crippen LogP contribution in [0.15, 0.2) is 49.1 Å². The molecule has 2 aliphatic heterocycles. The van der Waals surface area contributed by atoms with Crippen molar-refractivity contribution in [1.29, 1.82) is 0 Å². The number of hydrogen-bond acceptors (Lipinski definition) is 6. The van der Waals surface area contributed by atoms with Crippen LogP contribution in [0, 0.1) is 5.41 Å². The first-order valence-electron chi connectivity index (χ1n) is 11.3. The molecule has 2 aliphatic rings. The molecule has 2 fully saturated rings. The normalized spacial score (nSPS) is 22.0. The van der Waals surface area contributed by atoms with E-state index in [-0.39, 0.29) is 30.4 Å². The predicted molar refractivity (Wildman–Crippen MR) is 125 cm³/mol. The summed E-state index contributed by atoms with van der Waals surface area (Å²) < 4.78 is 2.09. The molecule has 2 atom stereocenters. The van der Waals surface area contributed by atoms with Crippen molar-refractivity contribution >= 4 is 18.9 Å². The number of aliphatic hydroxyl groups excluding tert-OH is 1. The van der Waals surface area contributed by atoms with Crippen LogP contribution in [0.4, 0.5) is 0 Å². The number of hydrogen-bond donors (Lipinski definition) is 3. The van der Waals surface area contributed by atoms with Crippen LogP contribution in [0.2, 0.25) is 0 Å². The maximum absolute atomic E-state index is 12.9. The molecule has 186 valence electrons. The van der Waals surface area contributed by atoms with Crippen LogP contribution in [0.1, 0.15) is 24.8 Å². The van der Waals surface area contributed by atoms with Gasteiger partial charge in [0.15, 0.2) is 0 Å². The van der Waals surface area contributed by atoms with Crippen molar-refractivity contribution in [3.63, 3.8) is 0 Å². The number of likely N-dealkylation sites (tertiary alicyclic amines) is 2. The lowest BCUT2D eigenvalue weighted by Gasteiger charge is -2.51. The number of benzene rings is 1. The summed E-state index contributed by atoms with van der Waals surface area (Å²) in [5.41, 5.74) is 0.857. The minimum atomic E-state index is -0.329. The highest BCUT2D eigenvalue weighted by Gasteiger charge is 2.46. The summed E-state index contributed by atoms with van der Waals surface area (Å²) in [4.78, 5) is 38.1. The van der Waals surface area contributed by atoms with Crippen LogP contribution in [0.3, 0.4) is 0 Å². The number of imidazole rings is 1. The average Bonchev–Trinajstić information content (AvgIpc) is 3.36. The zero-order chi connectivity index (χ0) is 24.8. The summed E-state index contributed by atoms with van der Waals surface area (Å²) in [6.45, 7) is 4.59. The fraction of sp³-hybridized carbons (Fsp3) is 0.500. The van der Waals surface area contributed by atoms with E-state index in [1.165, 1.54) is 0 Å². The van der Waals surface area contributed by atoms with Crippen LogP contribution in [0.5, 0.6) is 0 Å². The maximum Gasteiger partial charge on any atom is 0.290 e. The Labute approximate surface area is 199 Å². The van der Waals surface area contributed by atoms with E-state index >= 15 is 0 Å². The van der Waals surface area contributed by atoms with Gasteiger partial charge in [-0.25, -0.2) is 4.98 Å². The molecule has 0 bridgehead atoms. The minimum absolute atomic E-state index is 0.174. The quantitative estimate of drug-likeness (QED) is 0.550. The van der Waals surface area contributed by atoms with Crippen molar-refractivity contribution in [2.45, 2.75) is 38.3 Å². The summed E-state index contributed by atoms with van der Waals surface area (Å²) in [6, 6.07) is 9.93. The van der Waals surface area contributed by atoms with E-state index in [0.29, 0.717) is 13.0 Å². The third-order valence-corrected chi connectivity index (χ3v) is 6.36. The Bertz CT molecular complexity index is 858. The molecule has 1 aromatic heterocycles. The first-order chi connectivity index (χ1) is 16.5. The number of piperidine rings is 2. The predicted octanol–water partition coefficient (Wildman–Crippen LogP) is 1.20. The highest BCUT2D eigenvalue weighted by atomic mass is 16.3. The smallest absolute Gasteiger partial charge is 0.290 e. The molecule has 0 aliphatic carbocycles. The number of carboxylic acid groups (broad SMARTS) is 2. The number of aromatic nitrogens is 2. The summed E-state index contributed by atoms with van der Waals surface area (Å²) >= 11 is 0. The zero-order valence-corrected chi connectivity index (χ0v) is 19.3. The first-order valence-corrected chi connectivity index (χ1v) is 11.3. The fourth-order valence-electron chi connectivity index (χ4n) is 4.76. The molecule has 0 unspecified atom stereocenters. The van der Waals surface area contributed by atoms with E-state index in [1.54, 1.807) is 6.20 Å². The number of amides is 1. The fourth-order valence-corrected chi connectivity index (χ4v) is 4.76. The maximum atomic E-state index is 12.9. The standard InChI is InChI=1S/C22H30N4O2.2CH2O2/c27-20-7-11-24(13-14-25-12-9-23-18-25)16-22(20)8-4-10-26(17-22)21(28)15-19-5-2-1-3-6-19;2*2-1-3/h1-3,5-6,9,12,18,20,27H,4,7-8,10-11,13-17H2;2*1H,(H,2,3)/t20-,22-;;/m1../s1. The van der Waals surface area contributed by atoms with Gasteiger partial charge in [-0.1, -0.05) is 30.3 Å². The van der Waals surface area contributed by atoms with Gasteiger partial charge < -0.3 is 29.7 Å². The molecule has 3 heterocycles. The zero-order valence-electron chi connectivity index (χ0n) is 19.3. The molecule has 2 saturated heterocycles. The highest BCUT2D eigenvalue weighted by molar-refractivity contribution is 5.79. The molecule has 10 nitrogen and oxygen atoms in total. The third-order valence-electron chi connectivity index (χ3n) is 6.36. The molecule has 0 radical (unpaired) electrons. The number of carbonyl (C=O) groups excluding carboxylic acids is 1. The van der Waals surface area contributed by atoms with Crippen molar-refractivity contribution in [2.75, 3.05) is 32.7 Å². The summed E-state index contributed by atoms with van der Waals surface area (Å²) in [5.74, 6) is 0.174. The van der Waals surface area contributed by atoms with E-state index < -0.39 is 0 Å². The van der Waals surface area contributed by atoms with Gasteiger partial charge in [0.05, 0.1) is 18.9 Å². The van der Waals surface area contributed by atoms with E-state index in [9.17, 15) is 9.90 Å². The summed E-state index contributed by atoms with van der Waals surface area (Å²) in [5, 5.41) is 24.6. The van der Waals surface area contributed by atoms with Crippen molar-refractivity contribution in [3.8, 4) is 0 Å². The van der Waals surface area contributed by atoms with Crippen LogP contribution in [-0.4, -0.2) is 92.3 Å². The molecule has 0 saturated carbocycles. The number of nitrogens with zero attached hydrogens (tertiary/aromatic N) is 4. The molecule has 34 heavy (non-hydrogen) atoms. The van der Waals surface area contributed by atoms with Gasteiger partial charge in [-0.15, -0.1) is 0 Å². The molecule has 4 rings (SSSR count). The van der Waals surface area contributed by atoms with Gasteiger partial charge in [0.25, 0.3) is 12.9 Å². The highest BCUT2D eigenvalue weighted by Crippen LogP contribution is 2.39. The van der Waals surface area contributed by atoms with Crippen molar-refractivity contribution in [1.82, 2.24) is 19.4 Å². The van der Waals surface area contributed by atoms with Crippen molar-refractivity contribution in [3.05, 3.63) is 54.6 Å². The van der Waals surface area contributed by atoms with Crippen molar-refractivity contribution in [2.24, 2.45) is 5.41 Å². The molecule has 10 heteroatoms. The Hall–Kier alpha value is -3.24. The minimum Gasteiger partial charge on any atom is -0.483 e. The number of carbonyl (C=O) groups is 3. The average molecular weight is 475 g/mol. The van der Waals surface area contributed by atoms with Crippen LogP contribution < -0.4 is 0 Å². The Balaban J connectivity index is 0.000000618. The molecule has 1 aromatic carbocycles. The summed E-state index contributed by atoms with van der Waals surface area (Å²) in [6.07, 6.45) is 8.49. The first kappa shape index (κ1) is 27.0. The SMILES string of the molecule is O=C(Cc1ccccc1)N1CCC[C@@]2(CN(CCn3ccnc3)CC[C@H]2O)C1.O=CO.O=CO. The lowest BCUT2D eigenvalue weighted by Crippen LogP contribution is -2.60. The largest absolute Gasteiger partial charge is 0.483 e. The van der Waals surface area contributed by atoms with Gasteiger partial charge in [0.2, 0.25) is 5.91 Å². The van der Waals surface area contributed by atoms with E-state index in [0.717, 1.165) is 57.5 Å². The molecule has 2 aromatic rings. The van der Waals surface area contributed by atoms with Gasteiger partial charge in [0, 0.05) is 57.1 Å². The topological polar surface area (TPSA) is 136 Å². The lowest BCUT2D eigenvalue weighted by atomic mass is 9.71. The Morgan fingerprint density at radius 3 is 2.44 bits per heavy atom. The molecule has 1 amide bonds. The van der Waals surface area contributed by atoms with Gasteiger partial charge in [0.1, 0.15) is 0 Å². The van der Waals surface area contributed by atoms with Crippen LogP contribution in [0.25, 0.3) is 0 Å². The molecule has 1 spiro atoms. The van der Waals surface area contributed by atoms with E-state index in [4.69, 9.17) is 19.8 Å². The van der Waals surface area contributed by atoms with Crippen molar-refractivity contribution < 1.29 is 29.7 Å². The second-order valence-corrected chi connectivity index (χ2v) is 8.54. The van der Waals surface area contributed by atoms with Gasteiger partial charge in [-0.3, -0.25) is 14.4 Å².